The van der Waals surface area contributed by atoms with Gasteiger partial charge in [-0.1, -0.05) is 39.8 Å². The van der Waals surface area contributed by atoms with Gasteiger partial charge in [0.2, 0.25) is 11.8 Å². The van der Waals surface area contributed by atoms with E-state index in [2.05, 4.69) is 30.6 Å². The lowest BCUT2D eigenvalue weighted by Gasteiger charge is -2.30. The van der Waals surface area contributed by atoms with E-state index in [4.69, 9.17) is 14.2 Å². The van der Waals surface area contributed by atoms with Crippen LogP contribution in [-0.4, -0.2) is 104 Å². The van der Waals surface area contributed by atoms with Crippen LogP contribution in [0.5, 0.6) is 5.75 Å². The molecule has 3 aliphatic rings. The van der Waals surface area contributed by atoms with Crippen LogP contribution < -0.4 is 15.4 Å². The number of rotatable bonds is 10. The van der Waals surface area contributed by atoms with Crippen molar-refractivity contribution in [2.45, 2.75) is 90.4 Å². The van der Waals surface area contributed by atoms with Crippen molar-refractivity contribution >= 4 is 34.9 Å². The highest BCUT2D eigenvalue weighted by atomic mass is 19.1. The molecule has 328 valence electrons. The van der Waals surface area contributed by atoms with Crippen LogP contribution in [0, 0.1) is 17.7 Å². The maximum atomic E-state index is 16.7. The van der Waals surface area contributed by atoms with Crippen LogP contribution in [0.2, 0.25) is 0 Å². The molecule has 3 aromatic heterocycles. The fraction of sp³-hybridized carbons (Fsp3) is 0.455. The summed E-state index contributed by atoms with van der Waals surface area (Å²) in [6.07, 6.45) is 1.54. The molecule has 3 aliphatic heterocycles. The second-order valence-corrected chi connectivity index (χ2v) is 16.8. The maximum absolute atomic E-state index is 16.7. The number of hydrogen-bond donors (Lipinski definition) is 4. The van der Waals surface area contributed by atoms with Crippen molar-refractivity contribution in [3.8, 4) is 39.5 Å². The summed E-state index contributed by atoms with van der Waals surface area (Å²) in [6.45, 7) is 9.53. The minimum Gasteiger partial charge on any atom is -0.470 e. The Balaban J connectivity index is 1.04. The van der Waals surface area contributed by atoms with Gasteiger partial charge in [-0.25, -0.2) is 28.3 Å². The highest BCUT2D eigenvalue weighted by molar-refractivity contribution is 5.93. The zero-order chi connectivity index (χ0) is 44.1. The highest BCUT2D eigenvalue weighted by Gasteiger charge is 2.42. The molecule has 4 amide bonds. The predicted molar refractivity (Wildman–Crippen MR) is 224 cm³/mol. The molecule has 62 heavy (non-hydrogen) atoms. The molecule has 0 aliphatic carbocycles. The number of carbonyl (C=O) groups is 4. The summed E-state index contributed by atoms with van der Waals surface area (Å²) < 4.78 is 49.4. The number of alkyl halides is 1. The van der Waals surface area contributed by atoms with Crippen LogP contribution >= 0.6 is 0 Å². The maximum Gasteiger partial charge on any atom is 0.407 e. The molecule has 18 heteroatoms. The van der Waals surface area contributed by atoms with E-state index in [1.807, 2.05) is 55.7 Å². The van der Waals surface area contributed by atoms with Crippen molar-refractivity contribution in [1.29, 1.82) is 0 Å². The Morgan fingerprint density at radius 3 is 2.03 bits per heavy atom. The average molecular weight is 856 g/mol. The number of H-pyrrole nitrogens is 2. The number of aromatic amines is 2. The lowest BCUT2D eigenvalue weighted by atomic mass is 10.0. The van der Waals surface area contributed by atoms with E-state index < -0.39 is 54.4 Å². The quantitative estimate of drug-likeness (QED) is 0.113. The molecule has 2 saturated heterocycles. The Morgan fingerprint density at radius 1 is 0.839 bits per heavy atom. The molecule has 0 bridgehead atoms. The molecular weight excluding hydrogens is 805 g/mol. The van der Waals surface area contributed by atoms with Gasteiger partial charge >= 0.3 is 12.2 Å². The molecule has 5 aromatic rings. The summed E-state index contributed by atoms with van der Waals surface area (Å²) in [4.78, 5) is 70.3. The van der Waals surface area contributed by atoms with Crippen molar-refractivity contribution in [2.75, 3.05) is 27.3 Å². The topological polar surface area (TPSA) is 189 Å². The molecule has 8 rings (SSSR count). The van der Waals surface area contributed by atoms with Gasteiger partial charge in [-0.2, -0.15) is 0 Å². The first-order valence-electron chi connectivity index (χ1n) is 20.9. The van der Waals surface area contributed by atoms with Crippen LogP contribution in [0.4, 0.5) is 18.4 Å². The third-order valence-corrected chi connectivity index (χ3v) is 12.1. The standard InChI is InChI=1S/C44H51F2N9O7/c1-21(2)36(51-43(58)60-6)41(56)53-14-8-9-32(53)39-47-19-30(49-39)25-10-12-27-34(16-25)62-23(5)55-31-13-11-24(15-28(31)35(46)38(27)55)29-18-48-40(50-29)33-17-26(45)20-54(33)42(57)37(22(3)4)52-44(59)61-7/h10-13,15-16,18-19,21-23,26,32-33,36-37H,8-9,14,17,20H2,1-7H3,(H,47,49)(H,48,50)(H,51,58)(H,52,59)/t23?,26?,32-,33-,36-,37?/m0/s1. The molecule has 6 atom stereocenters. The minimum absolute atomic E-state index is 0.0266. The number of ether oxygens (including phenoxy) is 3. The molecule has 2 aromatic carbocycles. The lowest BCUT2D eigenvalue weighted by molar-refractivity contribution is -0.136. The third-order valence-electron chi connectivity index (χ3n) is 12.1. The van der Waals surface area contributed by atoms with E-state index in [-0.39, 0.29) is 36.8 Å². The van der Waals surface area contributed by atoms with Gasteiger partial charge in [0.05, 0.1) is 67.8 Å². The van der Waals surface area contributed by atoms with Gasteiger partial charge in [-0.3, -0.25) is 9.59 Å². The number of nitrogens with one attached hydrogen (secondary N) is 4. The van der Waals surface area contributed by atoms with Gasteiger partial charge in [0, 0.05) is 35.0 Å². The van der Waals surface area contributed by atoms with Crippen molar-refractivity contribution in [2.24, 2.45) is 11.8 Å². The van der Waals surface area contributed by atoms with Crippen LogP contribution in [0.15, 0.2) is 48.8 Å². The number of benzene rings is 2. The predicted octanol–water partition coefficient (Wildman–Crippen LogP) is 7.17. The number of aromatic nitrogens is 5. The number of carbonyl (C=O) groups excluding carboxylic acids is 4. The van der Waals surface area contributed by atoms with E-state index >= 15 is 4.39 Å². The first kappa shape index (κ1) is 42.2. The van der Waals surface area contributed by atoms with Crippen molar-refractivity contribution in [1.82, 2.24) is 44.9 Å². The second kappa shape index (κ2) is 16.8. The summed E-state index contributed by atoms with van der Waals surface area (Å²) in [5.74, 6) is -0.0130. The van der Waals surface area contributed by atoms with Crippen LogP contribution in [-0.2, 0) is 19.1 Å². The fourth-order valence-electron chi connectivity index (χ4n) is 8.95. The van der Waals surface area contributed by atoms with Gasteiger partial charge in [0.1, 0.15) is 35.7 Å². The fourth-order valence-corrected chi connectivity index (χ4v) is 8.95. The molecule has 0 spiro atoms. The summed E-state index contributed by atoms with van der Waals surface area (Å²) in [6, 6.07) is 8.25. The van der Waals surface area contributed by atoms with Crippen LogP contribution in [0.3, 0.4) is 0 Å². The van der Waals surface area contributed by atoms with Gasteiger partial charge in [-0.15, -0.1) is 0 Å². The van der Waals surface area contributed by atoms with E-state index in [1.54, 1.807) is 37.2 Å². The number of fused-ring (bicyclic) bond motifs is 5. The zero-order valence-electron chi connectivity index (χ0n) is 35.6. The normalized spacial score (nSPS) is 20.5. The summed E-state index contributed by atoms with van der Waals surface area (Å²) >= 11 is 0. The number of halogens is 2. The molecule has 6 heterocycles. The molecule has 4 N–H and O–H groups in total. The lowest BCUT2D eigenvalue weighted by Crippen LogP contribution is -2.51. The minimum atomic E-state index is -1.29. The number of imidazole rings is 2. The Hall–Kier alpha value is -6.46. The second-order valence-electron chi connectivity index (χ2n) is 16.8. The van der Waals surface area contributed by atoms with E-state index in [1.165, 1.54) is 19.1 Å². The number of hydrogen-bond acceptors (Lipinski definition) is 9. The Kier molecular flexibility index (Phi) is 11.4. The molecule has 0 radical (unpaired) electrons. The Morgan fingerprint density at radius 2 is 1.42 bits per heavy atom. The van der Waals surface area contributed by atoms with Crippen LogP contribution in [0.1, 0.15) is 83.8 Å². The molecule has 3 unspecified atom stereocenters. The van der Waals surface area contributed by atoms with E-state index in [9.17, 15) is 23.6 Å². The summed E-state index contributed by atoms with van der Waals surface area (Å²) in [5.41, 5.74) is 4.24. The van der Waals surface area contributed by atoms with Gasteiger partial charge in [-0.05, 0) is 55.9 Å². The summed E-state index contributed by atoms with van der Waals surface area (Å²) in [7, 11) is 2.47. The molecule has 16 nitrogen and oxygen atoms in total. The molecule has 2 fully saturated rings. The Bertz CT molecular complexity index is 2530. The monoisotopic (exact) mass is 855 g/mol. The van der Waals surface area contributed by atoms with Gasteiger partial charge < -0.3 is 49.2 Å². The first-order valence-corrected chi connectivity index (χ1v) is 20.9. The largest absolute Gasteiger partial charge is 0.470 e. The number of alkyl carbamates (subject to hydrolysis) is 2. The Labute approximate surface area is 356 Å². The highest BCUT2D eigenvalue weighted by Crippen LogP contribution is 2.46. The number of methoxy groups -OCH3 is 2. The molecular formula is C44H51F2N9O7. The number of amides is 4. The van der Waals surface area contributed by atoms with E-state index in [0.29, 0.717) is 69.5 Å². The SMILES string of the molecule is COC(=O)NC(C(=O)N1CC(F)C[C@H]1c1ncc(-c2ccc3c(c2)c(F)c2n3C(C)Oc3cc(-c4cnc([C@@H]5CCCN5C(=O)[C@@H](NC(=O)OC)C(C)C)[nH]4)ccc3-2)[nH]1)C(C)C. The van der Waals surface area contributed by atoms with Crippen molar-refractivity contribution in [3.05, 3.63) is 66.3 Å². The van der Waals surface area contributed by atoms with Gasteiger partial charge in [0.15, 0.2) is 12.0 Å². The average Bonchev–Trinajstić information content (AvgIpc) is 4.11. The van der Waals surface area contributed by atoms with Gasteiger partial charge in [0.25, 0.3) is 0 Å². The van der Waals surface area contributed by atoms with Crippen molar-refractivity contribution in [3.63, 3.8) is 0 Å². The molecule has 0 saturated carbocycles. The van der Waals surface area contributed by atoms with E-state index in [0.717, 1.165) is 12.0 Å². The van der Waals surface area contributed by atoms with Crippen molar-refractivity contribution < 1.29 is 42.2 Å². The van der Waals surface area contributed by atoms with Crippen LogP contribution in [0.25, 0.3) is 44.7 Å². The number of likely N-dealkylation sites (tertiary alicyclic amines) is 2. The smallest absolute Gasteiger partial charge is 0.407 e. The first-order chi connectivity index (χ1) is 29.7. The summed E-state index contributed by atoms with van der Waals surface area (Å²) in [5, 5.41) is 5.61. The zero-order valence-corrected chi connectivity index (χ0v) is 35.6. The number of nitrogens with zero attached hydrogens (tertiary/aromatic N) is 5. The third kappa shape index (κ3) is 7.59.